The molecule has 0 bridgehead atoms. The van der Waals surface area contributed by atoms with Gasteiger partial charge in [0.25, 0.3) is 10.2 Å². The number of esters is 2. The average Bonchev–Trinajstić information content (AvgIpc) is 3.61. The van der Waals surface area contributed by atoms with Gasteiger partial charge in [0, 0.05) is 44.7 Å². The standard InChI is InChI=1S/C43H78N2O21P4/c1-5-6-7-8-19-41(4,50)34-12-11-30-29-27-33(66-38(49)16-14-36(47)45-25-10-21-43(52,69(59,60)61)70(62,63)64)32-26-28(17-22-39(32,2)31(29)18-23-40(30,34)3)65-37(48)15-13-35(46)44-24-9-20-42(51,67(53,54)55)68(56,57)58/h28-34,50-52H,5-27H2,1-4H3,(H,44,46)(H,45,47)(H2,53,54,55)(H2,56,57,58)(H2,59,60,61)(H2,62,63,64)/t28-,29-,30-,31-,32+,33-,34-,39+,40-,41-/m0/s1. The number of hydrogen-bond donors (Lipinski definition) is 13. The first kappa shape index (κ1) is 60.9. The van der Waals surface area contributed by atoms with E-state index in [1.54, 1.807) is 0 Å². The highest BCUT2D eigenvalue weighted by Gasteiger charge is 2.65. The number of carbonyl (C=O) groups is 4. The summed E-state index contributed by atoms with van der Waals surface area (Å²) in [7, 11) is -22.7. The van der Waals surface area contributed by atoms with Crippen molar-refractivity contribution in [2.75, 3.05) is 13.1 Å². The van der Waals surface area contributed by atoms with Gasteiger partial charge >= 0.3 is 42.3 Å². The summed E-state index contributed by atoms with van der Waals surface area (Å²) in [5.41, 5.74) is -1.37. The van der Waals surface area contributed by atoms with Gasteiger partial charge in [-0.25, -0.2) is 0 Å². The van der Waals surface area contributed by atoms with Gasteiger partial charge in [-0.3, -0.25) is 37.4 Å². The molecule has 406 valence electrons. The third-order valence-electron chi connectivity index (χ3n) is 16.5. The van der Waals surface area contributed by atoms with Gasteiger partial charge in [-0.1, -0.05) is 46.5 Å². The van der Waals surface area contributed by atoms with Gasteiger partial charge in [0.15, 0.2) is 0 Å². The van der Waals surface area contributed by atoms with E-state index in [1.807, 2.05) is 6.92 Å². The molecule has 0 aromatic rings. The Morgan fingerprint density at radius 2 is 1.04 bits per heavy atom. The van der Waals surface area contributed by atoms with Gasteiger partial charge in [-0.05, 0) is 112 Å². The van der Waals surface area contributed by atoms with Crippen molar-refractivity contribution in [3.05, 3.63) is 0 Å². The zero-order valence-corrected chi connectivity index (χ0v) is 44.2. The Balaban J connectivity index is 1.43. The van der Waals surface area contributed by atoms with E-state index < -0.39 is 108 Å². The molecule has 4 fully saturated rings. The van der Waals surface area contributed by atoms with Crippen LogP contribution in [0.15, 0.2) is 0 Å². The molecule has 0 aliphatic heterocycles. The molecule has 4 aliphatic carbocycles. The number of rotatable bonds is 26. The topological polar surface area (TPSA) is 402 Å². The molecule has 13 N–H and O–H groups in total. The van der Waals surface area contributed by atoms with Crippen LogP contribution < -0.4 is 10.6 Å². The molecule has 0 heterocycles. The summed E-state index contributed by atoms with van der Waals surface area (Å²) in [6, 6.07) is 0. The number of nitrogens with one attached hydrogen (secondary N) is 2. The molecule has 4 rings (SSSR count). The molecule has 4 aliphatic rings. The molecular formula is C43H78N2O21P4. The van der Waals surface area contributed by atoms with Crippen molar-refractivity contribution in [1.82, 2.24) is 10.6 Å². The fourth-order valence-corrected chi connectivity index (χ4v) is 17.2. The normalized spacial score (nSPS) is 29.4. The van der Waals surface area contributed by atoms with Gasteiger partial charge in [-0.2, -0.15) is 0 Å². The summed E-state index contributed by atoms with van der Waals surface area (Å²) >= 11 is 0. The smallest absolute Gasteiger partial charge is 0.369 e. The fourth-order valence-electron chi connectivity index (χ4n) is 12.7. The maximum absolute atomic E-state index is 13.7. The molecule has 4 saturated carbocycles. The van der Waals surface area contributed by atoms with Crippen molar-refractivity contribution in [3.63, 3.8) is 0 Å². The summed E-state index contributed by atoms with van der Waals surface area (Å²) < 4.78 is 58.7. The summed E-state index contributed by atoms with van der Waals surface area (Å²) in [6.07, 6.45) is 4.95. The number of fused-ring (bicyclic) bond motifs is 5. The van der Waals surface area contributed by atoms with Crippen molar-refractivity contribution in [2.45, 2.75) is 191 Å². The van der Waals surface area contributed by atoms with Crippen LogP contribution in [0.25, 0.3) is 0 Å². The predicted molar refractivity (Wildman–Crippen MR) is 251 cm³/mol. The summed E-state index contributed by atoms with van der Waals surface area (Å²) in [5, 5.41) is 29.7. The van der Waals surface area contributed by atoms with Crippen LogP contribution >= 0.6 is 30.4 Å². The Morgan fingerprint density at radius 3 is 1.53 bits per heavy atom. The molecule has 0 saturated heterocycles. The maximum atomic E-state index is 13.7. The van der Waals surface area contributed by atoms with Crippen molar-refractivity contribution < 1.29 is 101 Å². The number of carbonyl (C=O) groups excluding carboxylic acids is 4. The van der Waals surface area contributed by atoms with Crippen LogP contribution in [-0.4, -0.2) is 119 Å². The van der Waals surface area contributed by atoms with Gasteiger partial charge < -0.3 is 74.6 Å². The minimum Gasteiger partial charge on any atom is -0.462 e. The molecule has 2 amide bonds. The van der Waals surface area contributed by atoms with Crippen LogP contribution in [0.3, 0.4) is 0 Å². The van der Waals surface area contributed by atoms with Gasteiger partial charge in [0.2, 0.25) is 11.8 Å². The molecule has 0 aromatic carbocycles. The van der Waals surface area contributed by atoms with E-state index in [1.165, 1.54) is 0 Å². The third-order valence-corrected chi connectivity index (χ3v) is 24.2. The Hall–Kier alpha value is -1.64. The first-order chi connectivity index (χ1) is 32.1. The van der Waals surface area contributed by atoms with Crippen LogP contribution in [0.4, 0.5) is 0 Å². The second-order valence-corrected chi connectivity index (χ2v) is 29.1. The second-order valence-electron chi connectivity index (χ2n) is 21.1. The predicted octanol–water partition coefficient (Wildman–Crippen LogP) is 4.16. The lowest BCUT2D eigenvalue weighted by Gasteiger charge is -2.63. The Bertz CT molecular complexity index is 2010. The zero-order valence-electron chi connectivity index (χ0n) is 40.6. The van der Waals surface area contributed by atoms with Crippen LogP contribution in [0.2, 0.25) is 0 Å². The SMILES string of the molecule is CCCCCC[C@](C)(O)[C@H]1CC[C@H]2[C@@H]3C[C@H](OC(=O)CCC(=O)NCCCC(O)(P(=O)(O)O)P(=O)(O)O)[C@H]4C[C@@H](OC(=O)CCC(=O)NCCCC(O)(P(=O)(O)O)P(=O)(O)O)CC[C@]4(C)[C@H]3CC[C@@]21C. The average molecular weight is 1080 g/mol. The van der Waals surface area contributed by atoms with E-state index in [2.05, 4.69) is 31.4 Å². The van der Waals surface area contributed by atoms with Crippen LogP contribution in [-0.2, 0) is 46.9 Å². The highest BCUT2D eigenvalue weighted by Crippen LogP contribution is 2.71. The van der Waals surface area contributed by atoms with Crippen LogP contribution in [0.1, 0.15) is 163 Å². The molecule has 0 unspecified atom stereocenters. The summed E-state index contributed by atoms with van der Waals surface area (Å²) in [6.45, 7) is 7.97. The Kier molecular flexibility index (Phi) is 20.4. The van der Waals surface area contributed by atoms with Crippen molar-refractivity contribution in [3.8, 4) is 0 Å². The Morgan fingerprint density at radius 1 is 0.571 bits per heavy atom. The lowest BCUT2D eigenvalue weighted by molar-refractivity contribution is -0.201. The zero-order chi connectivity index (χ0) is 52.9. The third kappa shape index (κ3) is 14.0. The molecule has 10 atom stereocenters. The maximum Gasteiger partial charge on any atom is 0.369 e. The quantitative estimate of drug-likeness (QED) is 0.0328. The lowest BCUT2D eigenvalue weighted by Crippen LogP contribution is -2.60. The van der Waals surface area contributed by atoms with Gasteiger partial charge in [-0.15, -0.1) is 0 Å². The number of aliphatic hydroxyl groups is 3. The van der Waals surface area contributed by atoms with E-state index in [-0.39, 0.29) is 79.2 Å². The molecular weight excluding hydrogens is 1000 g/mol. The molecule has 23 nitrogen and oxygen atoms in total. The molecule has 0 radical (unpaired) electrons. The van der Waals surface area contributed by atoms with Gasteiger partial charge in [0.1, 0.15) is 12.2 Å². The summed E-state index contributed by atoms with van der Waals surface area (Å²) in [5.74, 6) is -2.25. The molecule has 0 spiro atoms. The summed E-state index contributed by atoms with van der Waals surface area (Å²) in [4.78, 5) is 127. The fraction of sp³-hybridized carbons (Fsp3) is 0.907. The molecule has 0 aromatic heterocycles. The van der Waals surface area contributed by atoms with E-state index >= 15 is 0 Å². The highest BCUT2D eigenvalue weighted by atomic mass is 31.2. The van der Waals surface area contributed by atoms with Gasteiger partial charge in [0.05, 0.1) is 18.4 Å². The van der Waals surface area contributed by atoms with E-state index in [9.17, 15) is 91.9 Å². The minimum atomic E-state index is -5.68. The number of amides is 2. The van der Waals surface area contributed by atoms with E-state index in [0.717, 1.165) is 51.4 Å². The second kappa shape index (κ2) is 23.5. The van der Waals surface area contributed by atoms with Crippen molar-refractivity contribution >= 4 is 54.1 Å². The highest BCUT2D eigenvalue weighted by molar-refractivity contribution is 7.72. The van der Waals surface area contributed by atoms with E-state index in [0.29, 0.717) is 32.1 Å². The van der Waals surface area contributed by atoms with E-state index in [4.69, 9.17) is 9.47 Å². The molecule has 27 heteroatoms. The monoisotopic (exact) mass is 1080 g/mol. The number of hydrogen-bond acceptors (Lipinski definition) is 13. The molecule has 70 heavy (non-hydrogen) atoms. The Labute approximate surface area is 409 Å². The minimum absolute atomic E-state index is 0.0814. The lowest BCUT2D eigenvalue weighted by atomic mass is 9.43. The number of ether oxygens (including phenoxy) is 2. The van der Waals surface area contributed by atoms with Crippen LogP contribution in [0, 0.1) is 40.4 Å². The van der Waals surface area contributed by atoms with Crippen molar-refractivity contribution in [2.24, 2.45) is 40.4 Å². The largest absolute Gasteiger partial charge is 0.462 e. The first-order valence-electron chi connectivity index (χ1n) is 24.4. The number of unbranched alkanes of at least 4 members (excludes halogenated alkanes) is 3. The van der Waals surface area contributed by atoms with Crippen molar-refractivity contribution in [1.29, 1.82) is 0 Å². The first-order valence-corrected chi connectivity index (χ1v) is 30.8. The van der Waals surface area contributed by atoms with Crippen LogP contribution in [0.5, 0.6) is 0 Å².